The largest absolute Gasteiger partial charge is 0.366 e. The first-order chi connectivity index (χ1) is 4.72. The molecule has 0 saturated heterocycles. The molecule has 54 valence electrons. The molecule has 0 aromatic rings. The summed E-state index contributed by atoms with van der Waals surface area (Å²) >= 11 is 0. The number of rotatable bonds is 4. The fourth-order valence-corrected chi connectivity index (χ4v) is 0.382. The van der Waals surface area contributed by atoms with Crippen molar-refractivity contribution >= 4 is 18.5 Å². The van der Waals surface area contributed by atoms with Gasteiger partial charge in [0.1, 0.15) is 6.29 Å². The van der Waals surface area contributed by atoms with E-state index < -0.39 is 5.91 Å². The Morgan fingerprint density at radius 1 is 1.40 bits per heavy atom. The number of hydrogen-bond acceptors (Lipinski definition) is 3. The van der Waals surface area contributed by atoms with Crippen LogP contribution in [0.5, 0.6) is 0 Å². The van der Waals surface area contributed by atoms with Crippen molar-refractivity contribution in [3.8, 4) is 0 Å². The lowest BCUT2D eigenvalue weighted by Crippen LogP contribution is -2.14. The molecule has 0 radical (unpaired) electrons. The monoisotopic (exact) mass is 141 g/mol. The molecule has 0 aliphatic rings. The second kappa shape index (κ2) is 4.43. The first-order valence-electron chi connectivity index (χ1n) is 2.61. The van der Waals surface area contributed by atoms with Crippen LogP contribution >= 0.6 is 0 Å². The Morgan fingerprint density at radius 3 is 2.30 bits per heavy atom. The molecule has 0 aromatic carbocycles. The molecule has 10 heavy (non-hydrogen) atoms. The topological polar surface area (TPSA) is 77.2 Å². The third kappa shape index (κ3) is 2.76. The zero-order valence-electron chi connectivity index (χ0n) is 5.24. The van der Waals surface area contributed by atoms with Gasteiger partial charge < -0.3 is 10.5 Å². The summed E-state index contributed by atoms with van der Waals surface area (Å²) in [7, 11) is 0. The zero-order valence-corrected chi connectivity index (χ0v) is 5.24. The van der Waals surface area contributed by atoms with E-state index in [2.05, 4.69) is 0 Å². The first kappa shape index (κ1) is 8.55. The van der Waals surface area contributed by atoms with E-state index in [9.17, 15) is 14.4 Å². The van der Waals surface area contributed by atoms with Crippen molar-refractivity contribution in [2.45, 2.75) is 6.42 Å². The van der Waals surface area contributed by atoms with Crippen LogP contribution in [-0.2, 0) is 14.4 Å². The molecule has 0 fully saturated rings. The summed E-state index contributed by atoms with van der Waals surface area (Å²) in [5.41, 5.74) is 4.57. The number of amides is 1. The van der Waals surface area contributed by atoms with Gasteiger partial charge in [-0.25, -0.2) is 0 Å². The van der Waals surface area contributed by atoms with Crippen LogP contribution in [0.4, 0.5) is 0 Å². The maximum atomic E-state index is 10.2. The van der Waals surface area contributed by atoms with E-state index in [1.165, 1.54) is 6.08 Å². The van der Waals surface area contributed by atoms with Gasteiger partial charge in [-0.2, -0.15) is 0 Å². The van der Waals surface area contributed by atoms with Crippen molar-refractivity contribution in [3.63, 3.8) is 0 Å². The summed E-state index contributed by atoms with van der Waals surface area (Å²) in [5.74, 6) is -0.808. The van der Waals surface area contributed by atoms with Crippen molar-refractivity contribution in [2.24, 2.45) is 5.73 Å². The van der Waals surface area contributed by atoms with Crippen LogP contribution in [0.25, 0.3) is 0 Å². The molecule has 1 amide bonds. The van der Waals surface area contributed by atoms with Gasteiger partial charge in [-0.3, -0.25) is 9.59 Å². The van der Waals surface area contributed by atoms with Gasteiger partial charge in [0.25, 0.3) is 5.91 Å². The van der Waals surface area contributed by atoms with Gasteiger partial charge >= 0.3 is 0 Å². The third-order valence-electron chi connectivity index (χ3n) is 0.845. The zero-order chi connectivity index (χ0) is 7.98. The fraction of sp³-hybridized carbons (Fsp3) is 0.167. The lowest BCUT2D eigenvalue weighted by molar-refractivity contribution is -0.116. The molecule has 0 heterocycles. The average Bonchev–Trinajstić information content (AvgIpc) is 1.89. The molecule has 0 saturated carbocycles. The number of hydrogen-bond donors (Lipinski definition) is 1. The van der Waals surface area contributed by atoms with Crippen LogP contribution in [0.1, 0.15) is 6.42 Å². The van der Waals surface area contributed by atoms with Crippen LogP contribution in [-0.4, -0.2) is 18.5 Å². The maximum absolute atomic E-state index is 10.2. The second-order valence-electron chi connectivity index (χ2n) is 1.54. The molecule has 0 aliphatic carbocycles. The van der Waals surface area contributed by atoms with Crippen molar-refractivity contribution in [3.05, 3.63) is 11.6 Å². The van der Waals surface area contributed by atoms with E-state index in [4.69, 9.17) is 5.73 Å². The minimum absolute atomic E-state index is 0.0387. The van der Waals surface area contributed by atoms with Gasteiger partial charge in [0.05, 0.1) is 5.57 Å². The Labute approximate surface area is 57.7 Å². The summed E-state index contributed by atoms with van der Waals surface area (Å²) in [6.07, 6.45) is 2.12. The van der Waals surface area contributed by atoms with Crippen LogP contribution in [0, 0.1) is 0 Å². The number of primary amides is 1. The molecule has 0 aromatic heterocycles. The molecular weight excluding hydrogens is 134 g/mol. The minimum Gasteiger partial charge on any atom is -0.366 e. The number of allylic oxidation sites excluding steroid dienone is 1. The van der Waals surface area contributed by atoms with Gasteiger partial charge in [-0.1, -0.05) is 6.08 Å². The molecule has 0 aliphatic heterocycles. The molecule has 0 bridgehead atoms. The summed E-state index contributed by atoms with van der Waals surface area (Å²) in [5, 5.41) is 0. The van der Waals surface area contributed by atoms with Crippen molar-refractivity contribution in [2.75, 3.05) is 0 Å². The summed E-state index contributed by atoms with van der Waals surface area (Å²) in [6, 6.07) is 0. The van der Waals surface area contributed by atoms with E-state index in [-0.39, 0.29) is 12.0 Å². The molecule has 4 nitrogen and oxygen atoms in total. The van der Waals surface area contributed by atoms with Gasteiger partial charge in [0.2, 0.25) is 0 Å². The summed E-state index contributed by atoms with van der Waals surface area (Å²) < 4.78 is 0. The first-order valence-corrected chi connectivity index (χ1v) is 2.61. The molecular formula is C6H7NO3. The Morgan fingerprint density at radius 2 is 2.00 bits per heavy atom. The lowest BCUT2D eigenvalue weighted by Gasteiger charge is -1.87. The molecule has 0 spiro atoms. The van der Waals surface area contributed by atoms with Crippen molar-refractivity contribution in [1.82, 2.24) is 0 Å². The molecule has 4 heteroatoms. The second-order valence-corrected chi connectivity index (χ2v) is 1.54. The van der Waals surface area contributed by atoms with Crippen LogP contribution < -0.4 is 5.73 Å². The summed E-state index contributed by atoms with van der Waals surface area (Å²) in [4.78, 5) is 29.9. The van der Waals surface area contributed by atoms with Gasteiger partial charge in [-0.15, -0.1) is 0 Å². The Kier molecular flexibility index (Phi) is 3.79. The highest BCUT2D eigenvalue weighted by Crippen LogP contribution is 1.88. The normalized spacial score (nSPS) is 10.6. The molecule has 0 rings (SSSR count). The van der Waals surface area contributed by atoms with Crippen LogP contribution in [0.2, 0.25) is 0 Å². The van der Waals surface area contributed by atoms with Crippen LogP contribution in [0.15, 0.2) is 11.6 Å². The van der Waals surface area contributed by atoms with E-state index >= 15 is 0 Å². The van der Waals surface area contributed by atoms with Gasteiger partial charge in [0, 0.05) is 6.42 Å². The van der Waals surface area contributed by atoms with Crippen molar-refractivity contribution in [1.29, 1.82) is 0 Å². The predicted octanol–water partition coefficient (Wildman–Crippen LogP) is -0.814. The fourth-order valence-electron chi connectivity index (χ4n) is 0.382. The Balaban J connectivity index is 4.17. The summed E-state index contributed by atoms with van der Waals surface area (Å²) in [6.45, 7) is 0. The number of aldehydes is 2. The van der Waals surface area contributed by atoms with E-state index in [1.54, 1.807) is 0 Å². The standard InChI is InChI=1S/C6H7NO3/c7-6(10)5(4-9)2-1-3-8/h2-4H,1H2,(H2,7,10). The van der Waals surface area contributed by atoms with E-state index in [0.29, 0.717) is 12.6 Å². The number of nitrogens with two attached hydrogens (primary N) is 1. The quantitative estimate of drug-likeness (QED) is 0.240. The smallest absolute Gasteiger partial charge is 0.251 e. The molecule has 0 unspecified atom stereocenters. The Bertz CT molecular complexity index is 183. The number of carbonyl (C=O) groups is 3. The highest BCUT2D eigenvalue weighted by Gasteiger charge is 1.99. The predicted molar refractivity (Wildman–Crippen MR) is 34.0 cm³/mol. The minimum atomic E-state index is -0.808. The molecule has 0 atom stereocenters. The Hall–Kier alpha value is -1.45. The maximum Gasteiger partial charge on any atom is 0.251 e. The SMILES string of the molecule is NC(=O)C(C=O)=CCC=O. The lowest BCUT2D eigenvalue weighted by atomic mass is 10.2. The van der Waals surface area contributed by atoms with E-state index in [1.807, 2.05) is 0 Å². The highest BCUT2D eigenvalue weighted by atomic mass is 16.2. The van der Waals surface area contributed by atoms with Crippen molar-refractivity contribution < 1.29 is 14.4 Å². The number of carbonyl (C=O) groups excluding carboxylic acids is 3. The van der Waals surface area contributed by atoms with Crippen LogP contribution in [0.3, 0.4) is 0 Å². The van der Waals surface area contributed by atoms with E-state index in [0.717, 1.165) is 0 Å². The third-order valence-corrected chi connectivity index (χ3v) is 0.845. The highest BCUT2D eigenvalue weighted by molar-refractivity contribution is 6.09. The molecule has 2 N–H and O–H groups in total. The van der Waals surface area contributed by atoms with Gasteiger partial charge in [-0.05, 0) is 0 Å². The van der Waals surface area contributed by atoms with Gasteiger partial charge in [0.15, 0.2) is 6.29 Å². The average molecular weight is 141 g/mol.